The van der Waals surface area contributed by atoms with Crippen molar-refractivity contribution >= 4 is 55.4 Å². The first-order valence-corrected chi connectivity index (χ1v) is 20.9. The van der Waals surface area contributed by atoms with Crippen molar-refractivity contribution < 1.29 is 4.42 Å². The zero-order valence-electron chi connectivity index (χ0n) is 33.6. The summed E-state index contributed by atoms with van der Waals surface area (Å²) in [5.41, 5.74) is 14.8. The Morgan fingerprint density at radius 2 is 0.855 bits per heavy atom. The molecule has 0 saturated heterocycles. The third-order valence-corrected chi connectivity index (χ3v) is 12.0. The van der Waals surface area contributed by atoms with Crippen LogP contribution in [0.5, 0.6) is 0 Å². The molecule has 5 heteroatoms. The van der Waals surface area contributed by atoms with Crippen molar-refractivity contribution in [2.45, 2.75) is 6.17 Å². The minimum absolute atomic E-state index is 0.449. The molecular weight excluding hydrogens is 757 g/mol. The third-order valence-electron chi connectivity index (χ3n) is 12.0. The summed E-state index contributed by atoms with van der Waals surface area (Å²) in [6.45, 7) is 0. The molecule has 0 amide bonds. The number of hydrogen-bond acceptors (Lipinski definition) is 3. The van der Waals surface area contributed by atoms with Gasteiger partial charge in [-0.3, -0.25) is 4.99 Å². The van der Waals surface area contributed by atoms with Crippen molar-refractivity contribution in [1.29, 1.82) is 0 Å². The lowest BCUT2D eigenvalue weighted by molar-refractivity contribution is 0.668. The van der Waals surface area contributed by atoms with E-state index in [4.69, 9.17) is 19.7 Å². The Kier molecular flexibility index (Phi) is 8.49. The van der Waals surface area contributed by atoms with Gasteiger partial charge in [-0.25, -0.2) is 0 Å². The van der Waals surface area contributed by atoms with Crippen molar-refractivity contribution in [1.82, 2.24) is 4.57 Å². The first-order valence-electron chi connectivity index (χ1n) is 20.9. The highest BCUT2D eigenvalue weighted by molar-refractivity contribution is 6.20. The number of aromatic nitrogens is 1. The molecule has 0 bridgehead atoms. The van der Waals surface area contributed by atoms with Crippen LogP contribution in [0.15, 0.2) is 233 Å². The predicted molar refractivity (Wildman–Crippen MR) is 256 cm³/mol. The minimum atomic E-state index is -0.449. The highest BCUT2D eigenvalue weighted by Gasteiger charge is 2.18. The summed E-state index contributed by atoms with van der Waals surface area (Å²) in [6.07, 6.45) is -0.449. The number of amidine groups is 2. The largest absolute Gasteiger partial charge is 0.456 e. The second kappa shape index (κ2) is 14.8. The van der Waals surface area contributed by atoms with E-state index < -0.39 is 6.17 Å². The smallest absolute Gasteiger partial charge is 0.137 e. The summed E-state index contributed by atoms with van der Waals surface area (Å²) in [7, 11) is 0. The van der Waals surface area contributed by atoms with E-state index in [1.54, 1.807) is 0 Å². The first kappa shape index (κ1) is 35.6. The van der Waals surface area contributed by atoms with Crippen LogP contribution in [-0.4, -0.2) is 16.2 Å². The maximum atomic E-state index is 6.74. The van der Waals surface area contributed by atoms with E-state index in [0.29, 0.717) is 11.7 Å². The molecule has 1 atom stereocenters. The van der Waals surface area contributed by atoms with Crippen molar-refractivity contribution in [2.75, 3.05) is 0 Å². The van der Waals surface area contributed by atoms with Crippen molar-refractivity contribution in [2.24, 2.45) is 9.98 Å². The van der Waals surface area contributed by atoms with Gasteiger partial charge >= 0.3 is 0 Å². The fourth-order valence-electron chi connectivity index (χ4n) is 8.88. The Hall–Kier alpha value is -8.28. The summed E-state index contributed by atoms with van der Waals surface area (Å²) in [6, 6.07) is 76.7. The molecule has 5 nitrogen and oxygen atoms in total. The van der Waals surface area contributed by atoms with Gasteiger partial charge in [0.2, 0.25) is 0 Å². The lowest BCUT2D eigenvalue weighted by Gasteiger charge is -2.32. The molecule has 9 aromatic carbocycles. The van der Waals surface area contributed by atoms with Crippen LogP contribution in [0.1, 0.15) is 22.9 Å². The van der Waals surface area contributed by atoms with E-state index in [1.165, 1.54) is 38.6 Å². The van der Waals surface area contributed by atoms with Crippen molar-refractivity contribution in [3.05, 3.63) is 240 Å². The number of fused-ring (bicyclic) bond motifs is 6. The summed E-state index contributed by atoms with van der Waals surface area (Å²) in [5.74, 6) is 1.27. The van der Waals surface area contributed by atoms with Gasteiger partial charge in [0, 0.05) is 33.3 Å². The molecular formula is C57H37N4O-. The molecule has 0 spiro atoms. The van der Waals surface area contributed by atoms with Gasteiger partial charge in [-0.05, 0) is 98.6 Å². The van der Waals surface area contributed by atoms with E-state index in [-0.39, 0.29) is 0 Å². The second-order valence-electron chi connectivity index (χ2n) is 15.8. The zero-order valence-corrected chi connectivity index (χ0v) is 33.6. The van der Waals surface area contributed by atoms with Gasteiger partial charge in [0.05, 0.1) is 23.0 Å². The highest BCUT2D eigenvalue weighted by Crippen LogP contribution is 2.40. The maximum absolute atomic E-state index is 6.74. The lowest BCUT2D eigenvalue weighted by Crippen LogP contribution is -2.15. The van der Waals surface area contributed by atoms with Crippen LogP contribution in [0.2, 0.25) is 0 Å². The Labute approximate surface area is 358 Å². The standard InChI is InChI=1S/C57H37N4O/c1-5-13-37(14-6-1)40-21-23-42(24-22-40)56-58-55(41-19-11-4-12-20-41)59-57(60-56)45-25-29-47-48-30-28-46(36-54(48)62-53(47)35-45)61-51-31-26-43(38-15-7-2-8-16-38)33-49(51)50-34-44(27-32-52(50)61)39-17-9-3-10-18-39/h1-36,56H/q-1. The van der Waals surface area contributed by atoms with Gasteiger partial charge in [0.1, 0.15) is 11.2 Å². The Morgan fingerprint density at radius 3 is 1.44 bits per heavy atom. The lowest BCUT2D eigenvalue weighted by atomic mass is 10.0. The molecule has 1 aliphatic rings. The minimum Gasteiger partial charge on any atom is -0.456 e. The summed E-state index contributed by atoms with van der Waals surface area (Å²) in [5, 5.41) is 9.64. The van der Waals surface area contributed by atoms with Gasteiger partial charge in [-0.2, -0.15) is 0 Å². The fraction of sp³-hybridized carbons (Fsp3) is 0.0175. The van der Waals surface area contributed by atoms with Crippen LogP contribution in [0.4, 0.5) is 0 Å². The molecule has 1 unspecified atom stereocenters. The third kappa shape index (κ3) is 6.27. The van der Waals surface area contributed by atoms with Gasteiger partial charge < -0.3 is 19.3 Å². The van der Waals surface area contributed by atoms with Gasteiger partial charge in [-0.15, -0.1) is 0 Å². The topological polar surface area (TPSA) is 56.9 Å². The Morgan fingerprint density at radius 1 is 0.387 bits per heavy atom. The monoisotopic (exact) mass is 793 g/mol. The quantitative estimate of drug-likeness (QED) is 0.159. The zero-order chi connectivity index (χ0) is 41.0. The van der Waals surface area contributed by atoms with E-state index in [9.17, 15) is 0 Å². The average Bonchev–Trinajstić information content (AvgIpc) is 3.89. The molecule has 1 aliphatic heterocycles. The highest BCUT2D eigenvalue weighted by atomic mass is 16.3. The van der Waals surface area contributed by atoms with Crippen LogP contribution < -0.4 is 0 Å². The number of nitrogens with zero attached hydrogens (tertiary/aromatic N) is 4. The van der Waals surface area contributed by atoms with E-state index in [0.717, 1.165) is 60.9 Å². The number of rotatable bonds is 7. The molecule has 0 N–H and O–H groups in total. The summed E-state index contributed by atoms with van der Waals surface area (Å²) >= 11 is 0. The van der Waals surface area contributed by atoms with Gasteiger partial charge in [0.15, 0.2) is 0 Å². The molecule has 11 aromatic rings. The molecule has 0 aliphatic carbocycles. The number of furan rings is 1. The van der Waals surface area contributed by atoms with Crippen molar-refractivity contribution in [3.8, 4) is 39.1 Å². The SMILES string of the molecule is c1ccc(C2=NC(c3ccc(-c4ccccc4)cc3)[N-]C(c3ccc4c(c3)oc3cc(-n5c6ccc(-c7ccccc7)cc6c6cc(-c7ccccc7)ccc65)ccc34)=N2)cc1. The molecule has 0 radical (unpaired) electrons. The molecule has 292 valence electrons. The van der Waals surface area contributed by atoms with E-state index in [2.05, 4.69) is 187 Å². The predicted octanol–water partition coefficient (Wildman–Crippen LogP) is 15.0. The van der Waals surface area contributed by atoms with Gasteiger partial charge in [0.25, 0.3) is 0 Å². The average molecular weight is 794 g/mol. The van der Waals surface area contributed by atoms with Crippen LogP contribution in [0.3, 0.4) is 0 Å². The number of hydrogen-bond donors (Lipinski definition) is 0. The van der Waals surface area contributed by atoms with E-state index >= 15 is 0 Å². The second-order valence-corrected chi connectivity index (χ2v) is 15.8. The normalized spacial score (nSPS) is 14.0. The number of benzene rings is 9. The molecule has 12 rings (SSSR count). The fourth-order valence-corrected chi connectivity index (χ4v) is 8.88. The molecule has 2 aromatic heterocycles. The van der Waals surface area contributed by atoms with E-state index in [1.807, 2.05) is 36.4 Å². The summed E-state index contributed by atoms with van der Waals surface area (Å²) in [4.78, 5) is 10.1. The van der Waals surface area contributed by atoms with Crippen LogP contribution >= 0.6 is 0 Å². The Balaban J connectivity index is 0.939. The first-order chi connectivity index (χ1) is 30.7. The maximum Gasteiger partial charge on any atom is 0.137 e. The van der Waals surface area contributed by atoms with Gasteiger partial charge in [-0.1, -0.05) is 170 Å². The molecule has 62 heavy (non-hydrogen) atoms. The molecule has 0 saturated carbocycles. The van der Waals surface area contributed by atoms with Crippen LogP contribution in [0.25, 0.3) is 88.1 Å². The van der Waals surface area contributed by atoms with Crippen LogP contribution in [-0.2, 0) is 0 Å². The number of aliphatic imine (C=N–C) groups is 2. The summed E-state index contributed by atoms with van der Waals surface area (Å²) < 4.78 is 9.10. The van der Waals surface area contributed by atoms with Crippen molar-refractivity contribution in [3.63, 3.8) is 0 Å². The van der Waals surface area contributed by atoms with Crippen LogP contribution in [0, 0.1) is 0 Å². The molecule has 3 heterocycles. The Bertz CT molecular complexity index is 3420. The molecule has 0 fully saturated rings.